The van der Waals surface area contributed by atoms with E-state index in [4.69, 9.17) is 0 Å². The van der Waals surface area contributed by atoms with Gasteiger partial charge in [0.15, 0.2) is 5.82 Å². The van der Waals surface area contributed by atoms with Crippen molar-refractivity contribution < 1.29 is 18.7 Å². The molecule has 0 aliphatic carbocycles. The Morgan fingerprint density at radius 2 is 1.79 bits per heavy atom. The molecular formula is C20H21F2N3O3. The molecule has 0 fully saturated rings. The summed E-state index contributed by atoms with van der Waals surface area (Å²) in [7, 11) is 0. The van der Waals surface area contributed by atoms with E-state index in [-0.39, 0.29) is 16.6 Å². The summed E-state index contributed by atoms with van der Waals surface area (Å²) in [5, 5.41) is 12.3. The van der Waals surface area contributed by atoms with Crippen LogP contribution in [0.3, 0.4) is 0 Å². The lowest BCUT2D eigenvalue weighted by molar-refractivity contribution is 0.0694. The molecule has 4 rings (SSSR count). The lowest BCUT2D eigenvalue weighted by Gasteiger charge is -2.28. The van der Waals surface area contributed by atoms with Crippen molar-refractivity contribution in [3.63, 3.8) is 0 Å². The highest BCUT2D eigenvalue weighted by atomic mass is 19.1. The van der Waals surface area contributed by atoms with Gasteiger partial charge in [0.2, 0.25) is 5.43 Å². The van der Waals surface area contributed by atoms with Crippen LogP contribution in [0.4, 0.5) is 14.5 Å². The molecule has 8 heteroatoms. The molecule has 0 radical (unpaired) electrons. The van der Waals surface area contributed by atoms with Gasteiger partial charge < -0.3 is 19.9 Å². The largest absolute Gasteiger partial charge is 0.477 e. The van der Waals surface area contributed by atoms with E-state index in [0.717, 1.165) is 23.4 Å². The Labute approximate surface area is 160 Å². The van der Waals surface area contributed by atoms with E-state index in [0.29, 0.717) is 26.2 Å². The zero-order valence-electron chi connectivity index (χ0n) is 15.9. The summed E-state index contributed by atoms with van der Waals surface area (Å²) in [6.07, 6.45) is 1.14. The minimum atomic E-state index is -1.43. The number of halogens is 2. The maximum atomic E-state index is 15.6. The van der Waals surface area contributed by atoms with Crippen molar-refractivity contribution in [1.29, 1.82) is 0 Å². The fourth-order valence-electron chi connectivity index (χ4n) is 4.00. The summed E-state index contributed by atoms with van der Waals surface area (Å²) in [5.74, 6) is -3.13. The van der Waals surface area contributed by atoms with Gasteiger partial charge >= 0.3 is 5.97 Å². The van der Waals surface area contributed by atoms with Crippen molar-refractivity contribution in [1.82, 2.24) is 9.88 Å². The first kappa shape index (κ1) is 18.6. The molecule has 0 atom stereocenters. The molecule has 148 valence electrons. The lowest BCUT2D eigenvalue weighted by atomic mass is 10.0. The van der Waals surface area contributed by atoms with Crippen LogP contribution in [0.5, 0.6) is 0 Å². The predicted molar refractivity (Wildman–Crippen MR) is 102 cm³/mol. The van der Waals surface area contributed by atoms with Crippen molar-refractivity contribution in [3.05, 3.63) is 50.8 Å². The highest BCUT2D eigenvalue weighted by molar-refractivity contribution is 5.94. The van der Waals surface area contributed by atoms with Gasteiger partial charge in [-0.1, -0.05) is 0 Å². The van der Waals surface area contributed by atoms with E-state index in [1.165, 1.54) is 4.57 Å². The van der Waals surface area contributed by atoms with Gasteiger partial charge in [-0.25, -0.2) is 13.6 Å². The molecule has 3 heterocycles. The van der Waals surface area contributed by atoms with Crippen LogP contribution in [0.1, 0.15) is 31.1 Å². The van der Waals surface area contributed by atoms with E-state index >= 15 is 4.39 Å². The first-order chi connectivity index (χ1) is 13.1. The number of hydrogen-bond donors (Lipinski definition) is 2. The second-order valence-corrected chi connectivity index (χ2v) is 8.30. The predicted octanol–water partition coefficient (Wildman–Crippen LogP) is 2.45. The Hall–Kier alpha value is -2.74. The van der Waals surface area contributed by atoms with Crippen LogP contribution in [0.2, 0.25) is 0 Å². The van der Waals surface area contributed by atoms with Gasteiger partial charge in [-0.05, 0) is 38.0 Å². The molecular weight excluding hydrogens is 368 g/mol. The minimum Gasteiger partial charge on any atom is -0.477 e. The highest BCUT2D eigenvalue weighted by Crippen LogP contribution is 2.35. The Morgan fingerprint density at radius 3 is 2.32 bits per heavy atom. The van der Waals surface area contributed by atoms with Gasteiger partial charge in [0, 0.05) is 37.9 Å². The summed E-state index contributed by atoms with van der Waals surface area (Å²) in [6, 6.07) is 0.965. The number of anilines is 1. The SMILES string of the molecule is CC(C)(C)n1cc(C(=O)O)c(=O)c2cc(F)c(N3CC4=C(CNC4)C3)c(F)c21. The van der Waals surface area contributed by atoms with E-state index in [9.17, 15) is 19.1 Å². The number of carboxylic acids is 1. The first-order valence-corrected chi connectivity index (χ1v) is 9.06. The fourth-order valence-corrected chi connectivity index (χ4v) is 4.00. The van der Waals surface area contributed by atoms with Crippen molar-refractivity contribution >= 4 is 22.6 Å². The Kier molecular flexibility index (Phi) is 4.08. The molecule has 1 aromatic heterocycles. The highest BCUT2D eigenvalue weighted by Gasteiger charge is 2.32. The van der Waals surface area contributed by atoms with Gasteiger partial charge in [0.1, 0.15) is 17.1 Å². The molecule has 2 N–H and O–H groups in total. The summed E-state index contributed by atoms with van der Waals surface area (Å²) >= 11 is 0. The number of fused-ring (bicyclic) bond motifs is 1. The molecule has 2 aliphatic heterocycles. The standard InChI is InChI=1S/C20H21F2N3O3/c1-20(2,3)25-9-13(19(27)28)18(26)12-4-14(21)17(15(22)16(12)25)24-7-10-5-23-6-11(10)8-24/h4,9,23H,5-8H2,1-3H3,(H,27,28). The number of rotatable bonds is 2. The van der Waals surface area contributed by atoms with Gasteiger partial charge in [0.25, 0.3) is 0 Å². The van der Waals surface area contributed by atoms with E-state index in [2.05, 4.69) is 5.32 Å². The van der Waals surface area contributed by atoms with Crippen LogP contribution in [0, 0.1) is 11.6 Å². The summed E-state index contributed by atoms with van der Waals surface area (Å²) in [6.45, 7) is 7.56. The Morgan fingerprint density at radius 1 is 1.18 bits per heavy atom. The van der Waals surface area contributed by atoms with E-state index < -0.39 is 34.1 Å². The van der Waals surface area contributed by atoms with Crippen molar-refractivity contribution in [2.75, 3.05) is 31.1 Å². The zero-order valence-corrected chi connectivity index (χ0v) is 15.9. The molecule has 2 aromatic rings. The smallest absolute Gasteiger partial charge is 0.341 e. The van der Waals surface area contributed by atoms with Crippen LogP contribution in [0.15, 0.2) is 28.2 Å². The molecule has 1 aromatic carbocycles. The van der Waals surface area contributed by atoms with Crippen LogP contribution in [-0.2, 0) is 5.54 Å². The number of hydrogen-bond acceptors (Lipinski definition) is 4. The maximum Gasteiger partial charge on any atom is 0.341 e. The quantitative estimate of drug-likeness (QED) is 0.772. The molecule has 6 nitrogen and oxygen atoms in total. The monoisotopic (exact) mass is 389 g/mol. The number of nitrogens with zero attached hydrogens (tertiary/aromatic N) is 2. The number of nitrogens with one attached hydrogen (secondary N) is 1. The molecule has 0 bridgehead atoms. The Bertz CT molecular complexity index is 1100. The third-order valence-corrected chi connectivity index (χ3v) is 5.37. The fraction of sp³-hybridized carbons (Fsp3) is 0.400. The average molecular weight is 389 g/mol. The normalized spacial score (nSPS) is 17.0. The number of pyridine rings is 1. The zero-order chi connectivity index (χ0) is 20.4. The van der Waals surface area contributed by atoms with E-state index in [1.807, 2.05) is 0 Å². The molecule has 2 aliphatic rings. The topological polar surface area (TPSA) is 74.6 Å². The average Bonchev–Trinajstić information content (AvgIpc) is 3.16. The molecule has 0 saturated heterocycles. The summed E-state index contributed by atoms with van der Waals surface area (Å²) in [4.78, 5) is 25.7. The Balaban J connectivity index is 1.99. The molecule has 0 spiro atoms. The third-order valence-electron chi connectivity index (χ3n) is 5.37. The van der Waals surface area contributed by atoms with Crippen LogP contribution in [-0.4, -0.2) is 41.8 Å². The second kappa shape index (κ2) is 6.13. The third kappa shape index (κ3) is 2.71. The first-order valence-electron chi connectivity index (χ1n) is 9.06. The number of aromatic carboxylic acids is 1. The molecule has 0 unspecified atom stereocenters. The minimum absolute atomic E-state index is 0.0796. The molecule has 0 saturated carbocycles. The number of benzene rings is 1. The van der Waals surface area contributed by atoms with Crippen molar-refractivity contribution in [3.8, 4) is 0 Å². The van der Waals surface area contributed by atoms with Gasteiger partial charge in [-0.3, -0.25) is 4.79 Å². The van der Waals surface area contributed by atoms with Gasteiger partial charge in [-0.15, -0.1) is 0 Å². The van der Waals surface area contributed by atoms with E-state index in [1.54, 1.807) is 25.7 Å². The number of carbonyl (C=O) groups is 1. The number of carboxylic acid groups (broad SMARTS) is 1. The summed E-state index contributed by atoms with van der Waals surface area (Å²) < 4.78 is 32.0. The van der Waals surface area contributed by atoms with Crippen LogP contribution >= 0.6 is 0 Å². The van der Waals surface area contributed by atoms with Crippen LogP contribution in [0.25, 0.3) is 10.9 Å². The summed E-state index contributed by atoms with van der Waals surface area (Å²) in [5.41, 5.74) is -0.116. The lowest BCUT2D eigenvalue weighted by Crippen LogP contribution is -2.31. The van der Waals surface area contributed by atoms with Crippen LogP contribution < -0.4 is 15.6 Å². The molecule has 0 amide bonds. The second-order valence-electron chi connectivity index (χ2n) is 8.30. The van der Waals surface area contributed by atoms with Crippen molar-refractivity contribution in [2.24, 2.45) is 0 Å². The molecule has 28 heavy (non-hydrogen) atoms. The van der Waals surface area contributed by atoms with Gasteiger partial charge in [0.05, 0.1) is 10.9 Å². The maximum absolute atomic E-state index is 15.6. The van der Waals surface area contributed by atoms with Gasteiger partial charge in [-0.2, -0.15) is 0 Å². The van der Waals surface area contributed by atoms with Crippen molar-refractivity contribution in [2.45, 2.75) is 26.3 Å². The number of aromatic nitrogens is 1.